The Hall–Kier alpha value is 1.40. The summed E-state index contributed by atoms with van der Waals surface area (Å²) in [6.45, 7) is 1.34. The Kier molecular flexibility index (Phi) is 8.87. The molecule has 0 fully saturated rings. The van der Waals surface area contributed by atoms with Crippen molar-refractivity contribution in [1.29, 1.82) is 0 Å². The largest absolute Gasteiger partial charge is 1.00 e. The van der Waals surface area contributed by atoms with E-state index in [1.54, 1.807) is 0 Å². The predicted octanol–water partition coefficient (Wildman–Crippen LogP) is -3.63. The molecule has 0 aliphatic heterocycles. The third-order valence-electron chi connectivity index (χ3n) is 0.325. The second-order valence-electron chi connectivity index (χ2n) is 0.935. The number of carboxylic acids is 1. The van der Waals surface area contributed by atoms with Crippen LogP contribution in [0.1, 0.15) is 6.92 Å². The van der Waals surface area contributed by atoms with Crippen LogP contribution >= 0.6 is 11.6 Å². The molecular formula is C3H4ClKO2. The summed E-state index contributed by atoms with van der Waals surface area (Å²) < 4.78 is 0. The maximum Gasteiger partial charge on any atom is 1.00 e. The van der Waals surface area contributed by atoms with E-state index in [9.17, 15) is 9.90 Å². The molecule has 0 amide bonds. The monoisotopic (exact) mass is 146 g/mol. The summed E-state index contributed by atoms with van der Waals surface area (Å²) in [5.74, 6) is -1.23. The van der Waals surface area contributed by atoms with Gasteiger partial charge < -0.3 is 9.90 Å². The van der Waals surface area contributed by atoms with Crippen LogP contribution in [0.4, 0.5) is 0 Å². The molecule has 0 rings (SSSR count). The molecule has 0 aliphatic rings. The van der Waals surface area contributed by atoms with Crippen molar-refractivity contribution in [2.24, 2.45) is 0 Å². The molecule has 0 bridgehead atoms. The van der Waals surface area contributed by atoms with E-state index in [1.807, 2.05) is 0 Å². The van der Waals surface area contributed by atoms with Crippen molar-refractivity contribution in [3.8, 4) is 0 Å². The van der Waals surface area contributed by atoms with Crippen LogP contribution in [0.2, 0.25) is 0 Å². The molecule has 0 aromatic rings. The molecule has 0 aromatic heterocycles. The van der Waals surface area contributed by atoms with Crippen LogP contribution in [-0.4, -0.2) is 11.3 Å². The number of hydrogen-bond acceptors (Lipinski definition) is 2. The van der Waals surface area contributed by atoms with Crippen LogP contribution in [0.15, 0.2) is 0 Å². The first kappa shape index (κ1) is 11.2. The van der Waals surface area contributed by atoms with E-state index in [1.165, 1.54) is 6.92 Å². The molecule has 0 spiro atoms. The maximum atomic E-state index is 9.46. The Balaban J connectivity index is 0. The van der Waals surface area contributed by atoms with Crippen molar-refractivity contribution in [3.05, 3.63) is 0 Å². The fraction of sp³-hybridized carbons (Fsp3) is 0.667. The molecule has 36 valence electrons. The number of halogens is 1. The Morgan fingerprint density at radius 2 is 2.00 bits per heavy atom. The van der Waals surface area contributed by atoms with E-state index in [-0.39, 0.29) is 51.4 Å². The van der Waals surface area contributed by atoms with Crippen LogP contribution in [0, 0.1) is 0 Å². The molecule has 2 nitrogen and oxygen atoms in total. The van der Waals surface area contributed by atoms with Crippen molar-refractivity contribution in [2.45, 2.75) is 12.3 Å². The van der Waals surface area contributed by atoms with Crippen molar-refractivity contribution in [1.82, 2.24) is 0 Å². The smallest absolute Gasteiger partial charge is 0.549 e. The second-order valence-corrected chi connectivity index (χ2v) is 1.59. The SMILES string of the molecule is CC(Cl)C(=O)[O-].[K+]. The molecule has 7 heavy (non-hydrogen) atoms. The summed E-state index contributed by atoms with van der Waals surface area (Å²) in [4.78, 5) is 9.46. The molecule has 0 radical (unpaired) electrons. The molecule has 1 atom stereocenters. The first-order valence-electron chi connectivity index (χ1n) is 1.49. The third kappa shape index (κ3) is 7.40. The van der Waals surface area contributed by atoms with Gasteiger partial charge in [-0.15, -0.1) is 11.6 Å². The number of alkyl halides is 1. The third-order valence-corrected chi connectivity index (χ3v) is 0.503. The molecule has 1 unspecified atom stereocenters. The average molecular weight is 147 g/mol. The van der Waals surface area contributed by atoms with Crippen LogP contribution in [0.3, 0.4) is 0 Å². The summed E-state index contributed by atoms with van der Waals surface area (Å²) in [6, 6.07) is 0. The van der Waals surface area contributed by atoms with Gasteiger partial charge in [0, 0.05) is 0 Å². The second kappa shape index (κ2) is 5.53. The van der Waals surface area contributed by atoms with E-state index in [2.05, 4.69) is 0 Å². The molecule has 0 aromatic carbocycles. The first-order chi connectivity index (χ1) is 2.64. The van der Waals surface area contributed by atoms with Gasteiger partial charge >= 0.3 is 51.4 Å². The summed E-state index contributed by atoms with van der Waals surface area (Å²) >= 11 is 4.95. The zero-order chi connectivity index (χ0) is 5.15. The van der Waals surface area contributed by atoms with Gasteiger partial charge in [-0.25, -0.2) is 0 Å². The topological polar surface area (TPSA) is 40.1 Å². The maximum absolute atomic E-state index is 9.46. The van der Waals surface area contributed by atoms with Crippen LogP contribution in [-0.2, 0) is 4.79 Å². The molecular weight excluding hydrogens is 143 g/mol. The molecule has 0 N–H and O–H groups in total. The minimum atomic E-state index is -1.23. The molecule has 0 saturated carbocycles. The Morgan fingerprint density at radius 3 is 2.00 bits per heavy atom. The van der Waals surface area contributed by atoms with Crippen molar-refractivity contribution < 1.29 is 61.3 Å². The summed E-state index contributed by atoms with van der Waals surface area (Å²) in [6.07, 6.45) is 0. The summed E-state index contributed by atoms with van der Waals surface area (Å²) in [5, 5.41) is 8.59. The van der Waals surface area contributed by atoms with Gasteiger partial charge in [-0.1, -0.05) is 0 Å². The van der Waals surface area contributed by atoms with E-state index >= 15 is 0 Å². The number of carboxylic acid groups (broad SMARTS) is 1. The van der Waals surface area contributed by atoms with Gasteiger partial charge in [0.2, 0.25) is 0 Å². The van der Waals surface area contributed by atoms with Gasteiger partial charge in [0.25, 0.3) is 0 Å². The molecule has 0 saturated heterocycles. The van der Waals surface area contributed by atoms with Crippen molar-refractivity contribution in [2.75, 3.05) is 0 Å². The van der Waals surface area contributed by atoms with Crippen molar-refractivity contribution >= 4 is 17.6 Å². The van der Waals surface area contributed by atoms with E-state index < -0.39 is 11.3 Å². The van der Waals surface area contributed by atoms with Gasteiger partial charge in [0.15, 0.2) is 0 Å². The zero-order valence-electron chi connectivity index (χ0n) is 4.27. The van der Waals surface area contributed by atoms with Gasteiger partial charge in [-0.3, -0.25) is 0 Å². The van der Waals surface area contributed by atoms with E-state index in [0.29, 0.717) is 0 Å². The van der Waals surface area contributed by atoms with Gasteiger partial charge in [-0.05, 0) is 6.92 Å². The van der Waals surface area contributed by atoms with Gasteiger partial charge in [0.1, 0.15) is 0 Å². The molecule has 4 heteroatoms. The summed E-state index contributed by atoms with van der Waals surface area (Å²) in [7, 11) is 0. The number of carbonyl (C=O) groups excluding carboxylic acids is 1. The number of rotatable bonds is 1. The Labute approximate surface area is 89.7 Å². The number of carbonyl (C=O) groups is 1. The fourth-order valence-electron chi connectivity index (χ4n) is 0. The minimum Gasteiger partial charge on any atom is -0.549 e. The fourth-order valence-corrected chi connectivity index (χ4v) is 0. The first-order valence-corrected chi connectivity index (χ1v) is 1.93. The Bertz CT molecular complexity index is 64.0. The van der Waals surface area contributed by atoms with E-state index in [4.69, 9.17) is 11.6 Å². The Morgan fingerprint density at radius 1 is 1.86 bits per heavy atom. The summed E-state index contributed by atoms with van der Waals surface area (Å²) in [5.41, 5.74) is 0. The minimum absolute atomic E-state index is 0. The molecule has 0 heterocycles. The van der Waals surface area contributed by atoms with Gasteiger partial charge in [0.05, 0.1) is 11.3 Å². The van der Waals surface area contributed by atoms with Crippen LogP contribution in [0.25, 0.3) is 0 Å². The number of hydrogen-bond donors (Lipinski definition) is 0. The zero-order valence-corrected chi connectivity index (χ0v) is 8.15. The standard InChI is InChI=1S/C3H5ClO2.K/c1-2(4)3(5)6;/h2H,1H3,(H,5,6);/q;+1/p-1. The predicted molar refractivity (Wildman–Crippen MR) is 20.3 cm³/mol. The van der Waals surface area contributed by atoms with E-state index in [0.717, 1.165) is 0 Å². The molecule has 0 aliphatic carbocycles. The quantitative estimate of drug-likeness (QED) is 0.283. The average Bonchev–Trinajstić information content (AvgIpc) is 1.36. The van der Waals surface area contributed by atoms with Crippen LogP contribution in [0.5, 0.6) is 0 Å². The van der Waals surface area contributed by atoms with Gasteiger partial charge in [-0.2, -0.15) is 0 Å². The number of aliphatic carboxylic acids is 1. The van der Waals surface area contributed by atoms with Crippen molar-refractivity contribution in [3.63, 3.8) is 0 Å². The normalized spacial score (nSPS) is 11.7. The van der Waals surface area contributed by atoms with Crippen LogP contribution < -0.4 is 56.5 Å².